The molecule has 1 heterocycles. The summed E-state index contributed by atoms with van der Waals surface area (Å²) in [5.74, 6) is 0.826. The van der Waals surface area contributed by atoms with Gasteiger partial charge in [-0.1, -0.05) is 18.2 Å². The van der Waals surface area contributed by atoms with Crippen LogP contribution in [-0.2, 0) is 0 Å². The van der Waals surface area contributed by atoms with Crippen molar-refractivity contribution in [2.45, 2.75) is 13.3 Å². The molecule has 0 spiro atoms. The van der Waals surface area contributed by atoms with E-state index in [4.69, 9.17) is 4.42 Å². The smallest absolute Gasteiger partial charge is 0.287 e. The lowest BCUT2D eigenvalue weighted by Gasteiger charge is -2.23. The van der Waals surface area contributed by atoms with Crippen molar-refractivity contribution in [1.29, 1.82) is 0 Å². The molecule has 2 aromatic rings. The van der Waals surface area contributed by atoms with Gasteiger partial charge >= 0.3 is 0 Å². The summed E-state index contributed by atoms with van der Waals surface area (Å²) in [7, 11) is 1.74. The van der Waals surface area contributed by atoms with Crippen LogP contribution in [-0.4, -0.2) is 51.6 Å². The molecule has 0 aliphatic rings. The first-order valence-electron chi connectivity index (χ1n) is 9.30. The van der Waals surface area contributed by atoms with Crippen molar-refractivity contribution in [3.05, 3.63) is 54.5 Å². The Balaban J connectivity index is 0.00000392. The summed E-state index contributed by atoms with van der Waals surface area (Å²) in [5.41, 5.74) is 1.25. The number of nitrogens with zero attached hydrogens (tertiary/aromatic N) is 2. The molecule has 0 radical (unpaired) electrons. The van der Waals surface area contributed by atoms with Gasteiger partial charge in [0.25, 0.3) is 5.91 Å². The Morgan fingerprint density at radius 1 is 1.04 bits per heavy atom. The number of hydrogen-bond donors (Lipinski definition) is 3. The van der Waals surface area contributed by atoms with E-state index in [1.165, 1.54) is 12.0 Å². The summed E-state index contributed by atoms with van der Waals surface area (Å²) in [6.07, 6.45) is 2.48. The number of halogens is 1. The number of guanidine groups is 1. The molecule has 0 saturated heterocycles. The second kappa shape index (κ2) is 13.9. The highest BCUT2D eigenvalue weighted by Gasteiger charge is 2.07. The Bertz CT molecular complexity index is 692. The summed E-state index contributed by atoms with van der Waals surface area (Å²) in [6, 6.07) is 13.8. The quantitative estimate of drug-likeness (QED) is 0.203. The van der Waals surface area contributed by atoms with Crippen LogP contribution in [0.3, 0.4) is 0 Å². The lowest BCUT2D eigenvalue weighted by Crippen LogP contribution is -2.42. The number of nitrogens with one attached hydrogen (secondary N) is 3. The number of aliphatic imine (C=N–C) groups is 1. The number of amides is 1. The molecule has 0 atom stereocenters. The lowest BCUT2D eigenvalue weighted by atomic mass is 10.2. The van der Waals surface area contributed by atoms with Crippen LogP contribution in [0, 0.1) is 0 Å². The van der Waals surface area contributed by atoms with E-state index >= 15 is 0 Å². The molecule has 8 heteroatoms. The zero-order valence-electron chi connectivity index (χ0n) is 16.5. The van der Waals surface area contributed by atoms with Crippen molar-refractivity contribution >= 4 is 41.5 Å². The number of benzene rings is 1. The normalized spacial score (nSPS) is 10.7. The second-order valence-corrected chi connectivity index (χ2v) is 5.93. The Hall–Kier alpha value is -2.23. The van der Waals surface area contributed by atoms with E-state index in [9.17, 15) is 4.79 Å². The van der Waals surface area contributed by atoms with Gasteiger partial charge in [-0.15, -0.1) is 24.0 Å². The summed E-state index contributed by atoms with van der Waals surface area (Å²) in [5, 5.41) is 9.27. The standard InChI is InChI=1S/C20H29N5O2.HI/c1-3-25(17-9-5-4-6-10-17)15-8-12-23-20(21-2)24-14-13-22-19(26)18-11-7-16-27-18;/h4-7,9-11,16H,3,8,12-15H2,1-2H3,(H,22,26)(H2,21,23,24);1H. The van der Waals surface area contributed by atoms with E-state index in [0.717, 1.165) is 32.0 Å². The van der Waals surface area contributed by atoms with Crippen molar-refractivity contribution < 1.29 is 9.21 Å². The van der Waals surface area contributed by atoms with Gasteiger partial charge in [0, 0.05) is 45.5 Å². The van der Waals surface area contributed by atoms with Gasteiger partial charge in [0.2, 0.25) is 0 Å². The summed E-state index contributed by atoms with van der Waals surface area (Å²) < 4.78 is 5.05. The summed E-state index contributed by atoms with van der Waals surface area (Å²) in [6.45, 7) is 6.00. The molecule has 154 valence electrons. The third-order valence-corrected chi connectivity index (χ3v) is 4.07. The monoisotopic (exact) mass is 499 g/mol. The maximum atomic E-state index is 11.8. The van der Waals surface area contributed by atoms with Gasteiger partial charge in [-0.3, -0.25) is 9.79 Å². The first-order valence-corrected chi connectivity index (χ1v) is 9.30. The minimum absolute atomic E-state index is 0. The Morgan fingerprint density at radius 3 is 2.39 bits per heavy atom. The molecule has 0 aliphatic carbocycles. The van der Waals surface area contributed by atoms with Gasteiger partial charge in [0.1, 0.15) is 0 Å². The van der Waals surface area contributed by atoms with Crippen molar-refractivity contribution in [3.8, 4) is 0 Å². The van der Waals surface area contributed by atoms with Gasteiger partial charge in [0.05, 0.1) is 6.26 Å². The number of carbonyl (C=O) groups is 1. The Kier molecular flexibility index (Phi) is 11.8. The molecule has 0 saturated carbocycles. The fourth-order valence-electron chi connectivity index (χ4n) is 2.66. The average molecular weight is 499 g/mol. The van der Waals surface area contributed by atoms with Crippen LogP contribution in [0.4, 0.5) is 5.69 Å². The minimum Gasteiger partial charge on any atom is -0.459 e. The van der Waals surface area contributed by atoms with Crippen molar-refractivity contribution in [2.75, 3.05) is 44.7 Å². The minimum atomic E-state index is -0.217. The molecule has 7 nitrogen and oxygen atoms in total. The molecular weight excluding hydrogens is 469 g/mol. The zero-order valence-corrected chi connectivity index (χ0v) is 18.8. The predicted molar refractivity (Wildman–Crippen MR) is 125 cm³/mol. The number of carbonyl (C=O) groups excluding carboxylic acids is 1. The van der Waals surface area contributed by atoms with Gasteiger partial charge in [0.15, 0.2) is 11.7 Å². The highest BCUT2D eigenvalue weighted by molar-refractivity contribution is 14.0. The van der Waals surface area contributed by atoms with Crippen molar-refractivity contribution in [3.63, 3.8) is 0 Å². The molecule has 2 rings (SSSR count). The Labute approximate surface area is 184 Å². The number of furan rings is 1. The fourth-order valence-corrected chi connectivity index (χ4v) is 2.66. The number of rotatable bonds is 10. The van der Waals surface area contributed by atoms with Crippen LogP contribution in [0.5, 0.6) is 0 Å². The van der Waals surface area contributed by atoms with Crippen LogP contribution in [0.25, 0.3) is 0 Å². The molecule has 0 bridgehead atoms. The van der Waals surface area contributed by atoms with Gasteiger partial charge in [-0.2, -0.15) is 0 Å². The molecule has 0 unspecified atom stereocenters. The van der Waals surface area contributed by atoms with Crippen LogP contribution < -0.4 is 20.9 Å². The third-order valence-electron chi connectivity index (χ3n) is 4.07. The van der Waals surface area contributed by atoms with E-state index in [0.29, 0.717) is 18.8 Å². The number of para-hydroxylation sites is 1. The van der Waals surface area contributed by atoms with Crippen LogP contribution in [0.2, 0.25) is 0 Å². The fraction of sp³-hybridized carbons (Fsp3) is 0.400. The molecule has 0 fully saturated rings. The zero-order chi connectivity index (χ0) is 19.3. The SMILES string of the molecule is CCN(CCCNC(=NC)NCCNC(=O)c1ccco1)c1ccccc1.I. The van der Waals surface area contributed by atoms with E-state index < -0.39 is 0 Å². The molecular formula is C20H30IN5O2. The van der Waals surface area contributed by atoms with Gasteiger partial charge in [-0.05, 0) is 37.6 Å². The third kappa shape index (κ3) is 8.20. The van der Waals surface area contributed by atoms with Crippen molar-refractivity contribution in [2.24, 2.45) is 4.99 Å². The summed E-state index contributed by atoms with van der Waals surface area (Å²) in [4.78, 5) is 18.3. The predicted octanol–water partition coefficient (Wildman–Crippen LogP) is 2.71. The maximum Gasteiger partial charge on any atom is 0.287 e. The largest absolute Gasteiger partial charge is 0.459 e. The van der Waals surface area contributed by atoms with E-state index in [1.807, 2.05) is 6.07 Å². The van der Waals surface area contributed by atoms with Gasteiger partial charge < -0.3 is 25.3 Å². The topological polar surface area (TPSA) is 81.9 Å². The first kappa shape index (κ1) is 23.8. The highest BCUT2D eigenvalue weighted by atomic mass is 127. The van der Waals surface area contributed by atoms with E-state index in [1.54, 1.807) is 19.2 Å². The maximum absolute atomic E-state index is 11.8. The van der Waals surface area contributed by atoms with Crippen LogP contribution in [0.15, 0.2) is 58.1 Å². The van der Waals surface area contributed by atoms with Gasteiger partial charge in [-0.25, -0.2) is 0 Å². The molecule has 3 N–H and O–H groups in total. The lowest BCUT2D eigenvalue weighted by molar-refractivity contribution is 0.0926. The molecule has 28 heavy (non-hydrogen) atoms. The molecule has 1 aromatic carbocycles. The number of hydrogen-bond acceptors (Lipinski definition) is 4. The van der Waals surface area contributed by atoms with Crippen molar-refractivity contribution in [1.82, 2.24) is 16.0 Å². The second-order valence-electron chi connectivity index (χ2n) is 5.93. The van der Waals surface area contributed by atoms with Crippen LogP contribution >= 0.6 is 24.0 Å². The van der Waals surface area contributed by atoms with E-state index in [2.05, 4.69) is 57.0 Å². The average Bonchev–Trinajstić information content (AvgIpc) is 3.25. The van der Waals surface area contributed by atoms with Crippen LogP contribution in [0.1, 0.15) is 23.9 Å². The molecule has 1 aromatic heterocycles. The number of anilines is 1. The molecule has 0 aliphatic heterocycles. The summed E-state index contributed by atoms with van der Waals surface area (Å²) >= 11 is 0. The highest BCUT2D eigenvalue weighted by Crippen LogP contribution is 2.12. The first-order chi connectivity index (χ1) is 13.2. The molecule has 1 amide bonds. The Morgan fingerprint density at radius 2 is 1.75 bits per heavy atom. The van der Waals surface area contributed by atoms with E-state index in [-0.39, 0.29) is 29.9 Å².